The lowest BCUT2D eigenvalue weighted by molar-refractivity contribution is -0.134. The molecular formula is C12H16N2O2S. The zero-order valence-electron chi connectivity index (χ0n) is 10.2. The highest BCUT2D eigenvalue weighted by Gasteiger charge is 2.43. The first kappa shape index (κ1) is 12.1. The summed E-state index contributed by atoms with van der Waals surface area (Å²) in [7, 11) is 5.24. The maximum Gasteiger partial charge on any atom is 0.228 e. The van der Waals surface area contributed by atoms with E-state index < -0.39 is 0 Å². The molecule has 1 aliphatic heterocycles. The van der Waals surface area contributed by atoms with E-state index in [-0.39, 0.29) is 23.8 Å². The average Bonchev–Trinajstić information content (AvgIpc) is 2.87. The van der Waals surface area contributed by atoms with Crippen LogP contribution in [-0.2, 0) is 9.59 Å². The Morgan fingerprint density at radius 1 is 1.53 bits per heavy atom. The van der Waals surface area contributed by atoms with Crippen molar-refractivity contribution in [3.63, 3.8) is 0 Å². The van der Waals surface area contributed by atoms with Crippen LogP contribution in [0, 0.1) is 5.92 Å². The Morgan fingerprint density at radius 3 is 2.76 bits per heavy atom. The van der Waals surface area contributed by atoms with Gasteiger partial charge in [0.2, 0.25) is 11.8 Å². The summed E-state index contributed by atoms with van der Waals surface area (Å²) in [5.74, 6) is -0.175. The van der Waals surface area contributed by atoms with Crippen LogP contribution in [0.2, 0.25) is 0 Å². The van der Waals surface area contributed by atoms with Gasteiger partial charge in [0.25, 0.3) is 0 Å². The molecule has 0 bridgehead atoms. The molecule has 0 spiro atoms. The van der Waals surface area contributed by atoms with Crippen molar-refractivity contribution < 1.29 is 9.59 Å². The highest BCUT2D eigenvalue weighted by atomic mass is 32.1. The number of carbonyl (C=O) groups is 2. The van der Waals surface area contributed by atoms with Crippen LogP contribution in [0.1, 0.15) is 17.3 Å². The Morgan fingerprint density at radius 2 is 2.24 bits per heavy atom. The van der Waals surface area contributed by atoms with Crippen LogP contribution in [0.5, 0.6) is 0 Å². The highest BCUT2D eigenvalue weighted by Crippen LogP contribution is 2.39. The molecule has 1 saturated heterocycles. The molecule has 0 unspecified atom stereocenters. The third-order valence-corrected chi connectivity index (χ3v) is 4.12. The van der Waals surface area contributed by atoms with Crippen molar-refractivity contribution in [3.05, 3.63) is 22.4 Å². The van der Waals surface area contributed by atoms with E-state index in [4.69, 9.17) is 0 Å². The fourth-order valence-corrected chi connectivity index (χ4v) is 3.20. The second-order valence-electron chi connectivity index (χ2n) is 4.51. The summed E-state index contributed by atoms with van der Waals surface area (Å²) in [6, 6.07) is 3.84. The Bertz CT molecular complexity index is 428. The number of likely N-dealkylation sites (tertiary alicyclic amines) is 1. The second-order valence-corrected chi connectivity index (χ2v) is 5.49. The molecule has 0 radical (unpaired) electrons. The van der Waals surface area contributed by atoms with Crippen LogP contribution in [0.4, 0.5) is 0 Å². The van der Waals surface area contributed by atoms with E-state index in [0.717, 1.165) is 4.88 Å². The fraction of sp³-hybridized carbons (Fsp3) is 0.500. The van der Waals surface area contributed by atoms with Gasteiger partial charge in [-0.05, 0) is 11.4 Å². The van der Waals surface area contributed by atoms with Crippen molar-refractivity contribution >= 4 is 23.2 Å². The molecule has 4 nitrogen and oxygen atoms in total. The van der Waals surface area contributed by atoms with Crippen LogP contribution < -0.4 is 0 Å². The minimum atomic E-state index is -0.249. The van der Waals surface area contributed by atoms with Crippen LogP contribution in [0.3, 0.4) is 0 Å². The van der Waals surface area contributed by atoms with Crippen molar-refractivity contribution in [2.75, 3.05) is 21.1 Å². The fourth-order valence-electron chi connectivity index (χ4n) is 2.27. The van der Waals surface area contributed by atoms with E-state index in [0.29, 0.717) is 6.42 Å². The minimum absolute atomic E-state index is 0.0288. The van der Waals surface area contributed by atoms with Crippen molar-refractivity contribution in [1.82, 2.24) is 9.80 Å². The van der Waals surface area contributed by atoms with Gasteiger partial charge < -0.3 is 9.80 Å². The lowest BCUT2D eigenvalue weighted by Crippen LogP contribution is -2.33. The van der Waals surface area contributed by atoms with E-state index in [1.165, 1.54) is 0 Å². The molecule has 1 aromatic rings. The Labute approximate surface area is 105 Å². The van der Waals surface area contributed by atoms with E-state index >= 15 is 0 Å². The molecule has 0 aliphatic carbocycles. The molecule has 2 heterocycles. The summed E-state index contributed by atoms with van der Waals surface area (Å²) in [4.78, 5) is 28.2. The number of nitrogens with zero attached hydrogens (tertiary/aromatic N) is 2. The molecule has 1 fully saturated rings. The molecule has 2 amide bonds. The standard InChI is InChI=1S/C12H16N2O2S/c1-13(2)12(16)8-7-10(15)14(3)11(8)9-5-4-6-17-9/h4-6,8,11H,7H2,1-3H3/t8-,11-/m1/s1. The number of carbonyl (C=O) groups excluding carboxylic acids is 2. The van der Waals surface area contributed by atoms with Crippen LogP contribution in [0.15, 0.2) is 17.5 Å². The minimum Gasteiger partial charge on any atom is -0.348 e. The molecule has 5 heteroatoms. The van der Waals surface area contributed by atoms with Gasteiger partial charge in [0.15, 0.2) is 0 Å². The summed E-state index contributed by atoms with van der Waals surface area (Å²) >= 11 is 1.59. The zero-order chi connectivity index (χ0) is 12.6. The topological polar surface area (TPSA) is 40.6 Å². The molecule has 2 rings (SSSR count). The summed E-state index contributed by atoms with van der Waals surface area (Å²) in [5, 5.41) is 1.98. The van der Waals surface area contributed by atoms with Crippen molar-refractivity contribution in [2.24, 2.45) is 5.92 Å². The normalized spacial score (nSPS) is 24.2. The first-order valence-corrected chi connectivity index (χ1v) is 6.40. The summed E-state index contributed by atoms with van der Waals surface area (Å²) in [6.07, 6.45) is 0.316. The molecule has 92 valence electrons. The Hall–Kier alpha value is -1.36. The quantitative estimate of drug-likeness (QED) is 0.797. The Kier molecular flexibility index (Phi) is 3.19. The first-order valence-electron chi connectivity index (χ1n) is 5.52. The van der Waals surface area contributed by atoms with E-state index in [1.54, 1.807) is 42.3 Å². The van der Waals surface area contributed by atoms with Crippen molar-refractivity contribution in [2.45, 2.75) is 12.5 Å². The van der Waals surface area contributed by atoms with Gasteiger partial charge in [-0.15, -0.1) is 11.3 Å². The van der Waals surface area contributed by atoms with Gasteiger partial charge in [0, 0.05) is 32.4 Å². The van der Waals surface area contributed by atoms with Gasteiger partial charge in [-0.25, -0.2) is 0 Å². The summed E-state index contributed by atoms with van der Waals surface area (Å²) in [5.41, 5.74) is 0. The third kappa shape index (κ3) is 2.07. The van der Waals surface area contributed by atoms with Gasteiger partial charge >= 0.3 is 0 Å². The largest absolute Gasteiger partial charge is 0.348 e. The first-order chi connectivity index (χ1) is 8.02. The van der Waals surface area contributed by atoms with Crippen LogP contribution >= 0.6 is 11.3 Å². The van der Waals surface area contributed by atoms with Crippen molar-refractivity contribution in [1.29, 1.82) is 0 Å². The van der Waals surface area contributed by atoms with Crippen molar-refractivity contribution in [3.8, 4) is 0 Å². The lowest BCUT2D eigenvalue weighted by atomic mass is 9.97. The molecule has 1 aromatic heterocycles. The van der Waals surface area contributed by atoms with Gasteiger partial charge in [0.1, 0.15) is 0 Å². The predicted octanol–water partition coefficient (Wildman–Crippen LogP) is 1.36. The van der Waals surface area contributed by atoms with Gasteiger partial charge in [-0.1, -0.05) is 6.07 Å². The Balaban J connectivity index is 2.32. The number of amides is 2. The second kappa shape index (κ2) is 4.49. The average molecular weight is 252 g/mol. The third-order valence-electron chi connectivity index (χ3n) is 3.18. The zero-order valence-corrected chi connectivity index (χ0v) is 11.0. The van der Waals surface area contributed by atoms with Gasteiger partial charge in [-0.3, -0.25) is 9.59 Å². The maximum atomic E-state index is 12.1. The monoisotopic (exact) mass is 252 g/mol. The van der Waals surface area contributed by atoms with Crippen LogP contribution in [-0.4, -0.2) is 42.8 Å². The number of thiophene rings is 1. The van der Waals surface area contributed by atoms with Gasteiger partial charge in [-0.2, -0.15) is 0 Å². The van der Waals surface area contributed by atoms with E-state index in [1.807, 2.05) is 17.5 Å². The lowest BCUT2D eigenvalue weighted by Gasteiger charge is -2.25. The summed E-state index contributed by atoms with van der Waals surface area (Å²) < 4.78 is 0. The van der Waals surface area contributed by atoms with E-state index in [2.05, 4.69) is 0 Å². The molecule has 2 atom stereocenters. The molecule has 0 N–H and O–H groups in total. The molecule has 1 aliphatic rings. The smallest absolute Gasteiger partial charge is 0.228 e. The maximum absolute atomic E-state index is 12.1. The molecule has 0 aromatic carbocycles. The molecular weight excluding hydrogens is 236 g/mol. The van der Waals surface area contributed by atoms with Crippen LogP contribution in [0.25, 0.3) is 0 Å². The summed E-state index contributed by atoms with van der Waals surface area (Å²) in [6.45, 7) is 0. The highest BCUT2D eigenvalue weighted by molar-refractivity contribution is 7.10. The number of hydrogen-bond acceptors (Lipinski definition) is 3. The number of rotatable bonds is 2. The van der Waals surface area contributed by atoms with Gasteiger partial charge in [0.05, 0.1) is 12.0 Å². The van der Waals surface area contributed by atoms with E-state index in [9.17, 15) is 9.59 Å². The molecule has 17 heavy (non-hydrogen) atoms. The number of hydrogen-bond donors (Lipinski definition) is 0. The predicted molar refractivity (Wildman–Crippen MR) is 66.6 cm³/mol. The molecule has 0 saturated carbocycles. The SMILES string of the molecule is CN(C)C(=O)[C@@H]1CC(=O)N(C)[C@H]1c1cccs1.